The molecule has 9 nitrogen and oxygen atoms in total. The van der Waals surface area contributed by atoms with E-state index in [2.05, 4.69) is 10.1 Å². The van der Waals surface area contributed by atoms with Crippen molar-refractivity contribution in [3.63, 3.8) is 0 Å². The van der Waals surface area contributed by atoms with Crippen molar-refractivity contribution in [1.82, 2.24) is 10.2 Å². The van der Waals surface area contributed by atoms with Gasteiger partial charge in [0.1, 0.15) is 17.4 Å². The maximum absolute atomic E-state index is 12.2. The van der Waals surface area contributed by atoms with Crippen LogP contribution in [0.4, 0.5) is 4.79 Å². The van der Waals surface area contributed by atoms with E-state index < -0.39 is 23.5 Å². The lowest BCUT2D eigenvalue weighted by molar-refractivity contribution is -0.141. The summed E-state index contributed by atoms with van der Waals surface area (Å²) in [6, 6.07) is 3.81. The second kappa shape index (κ2) is 12.1. The summed E-state index contributed by atoms with van der Waals surface area (Å²) in [5, 5.41) is 2.89. The average molecular weight is 484 g/mol. The zero-order valence-corrected chi connectivity index (χ0v) is 20.4. The molecule has 184 valence electrons. The Morgan fingerprint density at radius 1 is 1.24 bits per heavy atom. The highest BCUT2D eigenvalue weighted by atomic mass is 35.5. The van der Waals surface area contributed by atoms with Gasteiger partial charge < -0.3 is 30.2 Å². The second-order valence-electron chi connectivity index (χ2n) is 9.03. The van der Waals surface area contributed by atoms with Crippen LogP contribution in [0.5, 0.6) is 5.75 Å². The minimum absolute atomic E-state index is 0.0475. The predicted molar refractivity (Wildman–Crippen MR) is 124 cm³/mol. The van der Waals surface area contributed by atoms with Gasteiger partial charge in [-0.2, -0.15) is 0 Å². The number of likely N-dealkylation sites (tertiary alicyclic amines) is 1. The highest BCUT2D eigenvalue weighted by Gasteiger charge is 2.26. The summed E-state index contributed by atoms with van der Waals surface area (Å²) in [6.07, 6.45) is 2.36. The van der Waals surface area contributed by atoms with Crippen molar-refractivity contribution in [1.29, 1.82) is 0 Å². The normalized spacial score (nSPS) is 15.5. The number of carbonyl (C=O) groups excluding carboxylic acids is 3. The number of methoxy groups -OCH3 is 1. The van der Waals surface area contributed by atoms with E-state index in [9.17, 15) is 14.4 Å². The lowest BCUT2D eigenvalue weighted by Gasteiger charge is -2.33. The molecule has 0 aromatic heterocycles. The minimum atomic E-state index is -0.937. The molecule has 0 spiro atoms. The van der Waals surface area contributed by atoms with Crippen LogP contribution >= 0.6 is 11.6 Å². The van der Waals surface area contributed by atoms with Gasteiger partial charge in [0.2, 0.25) is 0 Å². The fraction of sp³-hybridized carbons (Fsp3) is 0.609. The van der Waals surface area contributed by atoms with Gasteiger partial charge >= 0.3 is 12.1 Å². The SMILES string of the molecule is COC(=O)C(N)CNC(=O)c1ccc(OCCC2CCN(C(=O)OC(C)(C)C)CC2)c(Cl)c1. The molecule has 1 unspecified atom stereocenters. The Morgan fingerprint density at radius 3 is 2.48 bits per heavy atom. The number of hydrogen-bond donors (Lipinski definition) is 2. The van der Waals surface area contributed by atoms with Crippen molar-refractivity contribution >= 4 is 29.6 Å². The number of nitrogens with zero attached hydrogens (tertiary/aromatic N) is 1. The van der Waals surface area contributed by atoms with E-state index in [1.165, 1.54) is 13.2 Å². The number of nitrogens with one attached hydrogen (secondary N) is 1. The Bertz CT molecular complexity index is 834. The predicted octanol–water partition coefficient (Wildman–Crippen LogP) is 2.99. The molecule has 1 fully saturated rings. The van der Waals surface area contributed by atoms with Crippen molar-refractivity contribution in [2.24, 2.45) is 11.7 Å². The van der Waals surface area contributed by atoms with Gasteiger partial charge in [-0.05, 0) is 64.2 Å². The summed E-state index contributed by atoms with van der Waals surface area (Å²) in [6.45, 7) is 7.36. The van der Waals surface area contributed by atoms with Crippen molar-refractivity contribution in [3.05, 3.63) is 28.8 Å². The Hall–Kier alpha value is -2.52. The highest BCUT2D eigenvalue weighted by molar-refractivity contribution is 6.32. The molecule has 0 bridgehead atoms. The molecular formula is C23H34ClN3O6. The van der Waals surface area contributed by atoms with E-state index >= 15 is 0 Å². The standard InChI is InChI=1S/C23H34ClN3O6/c1-23(2,3)33-22(30)27-10-7-15(8-11-27)9-12-32-19-6-5-16(13-17(19)24)20(28)26-14-18(25)21(29)31-4/h5-6,13,15,18H,7-12,14,25H2,1-4H3,(H,26,28). The van der Waals surface area contributed by atoms with Crippen molar-refractivity contribution < 1.29 is 28.6 Å². The Labute approximate surface area is 199 Å². The first-order valence-electron chi connectivity index (χ1n) is 11.0. The maximum Gasteiger partial charge on any atom is 0.410 e. The first-order chi connectivity index (χ1) is 15.5. The molecule has 2 amide bonds. The largest absolute Gasteiger partial charge is 0.492 e. The highest BCUT2D eigenvalue weighted by Crippen LogP contribution is 2.27. The third-order valence-electron chi connectivity index (χ3n) is 5.23. The van der Waals surface area contributed by atoms with Crippen molar-refractivity contribution in [3.8, 4) is 5.75 Å². The number of benzene rings is 1. The molecule has 0 saturated carbocycles. The van der Waals surface area contributed by atoms with Gasteiger partial charge in [-0.3, -0.25) is 9.59 Å². The van der Waals surface area contributed by atoms with Gasteiger partial charge in [0.25, 0.3) is 5.91 Å². The fourth-order valence-electron chi connectivity index (χ4n) is 3.36. The van der Waals surface area contributed by atoms with Crippen LogP contribution in [0.2, 0.25) is 5.02 Å². The van der Waals surface area contributed by atoms with Crippen LogP contribution in [0.3, 0.4) is 0 Å². The summed E-state index contributed by atoms with van der Waals surface area (Å²) in [5.41, 5.74) is 5.45. The number of hydrogen-bond acceptors (Lipinski definition) is 7. The average Bonchev–Trinajstić information content (AvgIpc) is 2.76. The minimum Gasteiger partial charge on any atom is -0.492 e. The molecule has 0 radical (unpaired) electrons. The number of piperidine rings is 1. The van der Waals surface area contributed by atoms with E-state index in [1.54, 1.807) is 17.0 Å². The topological polar surface area (TPSA) is 120 Å². The van der Waals surface area contributed by atoms with Crippen LogP contribution in [0.25, 0.3) is 0 Å². The number of rotatable bonds is 8. The zero-order valence-electron chi connectivity index (χ0n) is 19.7. The van der Waals surface area contributed by atoms with E-state index in [-0.39, 0.29) is 12.6 Å². The molecule has 1 aliphatic rings. The fourth-order valence-corrected chi connectivity index (χ4v) is 3.60. The lowest BCUT2D eigenvalue weighted by atomic mass is 9.94. The Morgan fingerprint density at radius 2 is 1.91 bits per heavy atom. The summed E-state index contributed by atoms with van der Waals surface area (Å²) in [5.74, 6) is -0.0654. The molecule has 1 saturated heterocycles. The van der Waals surface area contributed by atoms with Crippen LogP contribution in [0.1, 0.15) is 50.4 Å². The zero-order chi connectivity index (χ0) is 24.6. The molecule has 33 heavy (non-hydrogen) atoms. The van der Waals surface area contributed by atoms with Gasteiger partial charge in [-0.15, -0.1) is 0 Å². The van der Waals surface area contributed by atoms with E-state index in [0.29, 0.717) is 41.9 Å². The summed E-state index contributed by atoms with van der Waals surface area (Å²) >= 11 is 6.28. The number of ether oxygens (including phenoxy) is 3. The summed E-state index contributed by atoms with van der Waals surface area (Å²) in [7, 11) is 1.23. The third kappa shape index (κ3) is 8.74. The van der Waals surface area contributed by atoms with Crippen LogP contribution in [0, 0.1) is 5.92 Å². The van der Waals surface area contributed by atoms with E-state index in [4.69, 9.17) is 26.8 Å². The maximum atomic E-state index is 12.2. The lowest BCUT2D eigenvalue weighted by Crippen LogP contribution is -2.43. The Balaban J connectivity index is 1.75. The van der Waals surface area contributed by atoms with E-state index in [1.807, 2.05) is 20.8 Å². The van der Waals surface area contributed by atoms with Crippen LogP contribution in [-0.4, -0.2) is 67.9 Å². The van der Waals surface area contributed by atoms with Gasteiger partial charge in [0.15, 0.2) is 0 Å². The number of halogens is 1. The molecule has 1 aliphatic heterocycles. The number of nitrogens with two attached hydrogens (primary N) is 1. The third-order valence-corrected chi connectivity index (χ3v) is 5.53. The first kappa shape index (κ1) is 26.7. The molecule has 2 rings (SSSR count). The van der Waals surface area contributed by atoms with Crippen LogP contribution < -0.4 is 15.8 Å². The van der Waals surface area contributed by atoms with Gasteiger partial charge in [-0.25, -0.2) is 4.79 Å². The molecule has 0 aliphatic carbocycles. The molecule has 1 aromatic rings. The quantitative estimate of drug-likeness (QED) is 0.545. The molecule has 1 heterocycles. The molecular weight excluding hydrogens is 450 g/mol. The second-order valence-corrected chi connectivity index (χ2v) is 9.44. The van der Waals surface area contributed by atoms with Crippen molar-refractivity contribution in [2.75, 3.05) is 33.4 Å². The monoisotopic (exact) mass is 483 g/mol. The van der Waals surface area contributed by atoms with Gasteiger partial charge in [-0.1, -0.05) is 11.6 Å². The van der Waals surface area contributed by atoms with E-state index in [0.717, 1.165) is 19.3 Å². The van der Waals surface area contributed by atoms with Gasteiger partial charge in [0.05, 0.1) is 18.7 Å². The Kier molecular flexibility index (Phi) is 9.79. The van der Waals surface area contributed by atoms with Gasteiger partial charge in [0, 0.05) is 25.2 Å². The van der Waals surface area contributed by atoms with Crippen molar-refractivity contribution in [2.45, 2.75) is 51.7 Å². The number of esters is 1. The molecule has 1 aromatic carbocycles. The van der Waals surface area contributed by atoms with Crippen LogP contribution in [0.15, 0.2) is 18.2 Å². The number of carbonyl (C=O) groups is 3. The number of amides is 2. The first-order valence-corrected chi connectivity index (χ1v) is 11.4. The summed E-state index contributed by atoms with van der Waals surface area (Å²) < 4.78 is 15.8. The molecule has 3 N–H and O–H groups in total. The smallest absolute Gasteiger partial charge is 0.410 e. The van der Waals surface area contributed by atoms with Crippen LogP contribution in [-0.2, 0) is 14.3 Å². The molecule has 10 heteroatoms. The molecule has 1 atom stereocenters. The summed E-state index contributed by atoms with van der Waals surface area (Å²) in [4.78, 5) is 37.5.